The number of carbonyl (C=O) groups excluding carboxylic acids is 3. The van der Waals surface area contributed by atoms with E-state index >= 15 is 0 Å². The second-order valence-electron chi connectivity index (χ2n) is 11.5. The van der Waals surface area contributed by atoms with Crippen molar-refractivity contribution >= 4 is 29.1 Å². The van der Waals surface area contributed by atoms with Crippen molar-refractivity contribution in [2.75, 3.05) is 13.1 Å². The summed E-state index contributed by atoms with van der Waals surface area (Å²) >= 11 is 0. The van der Waals surface area contributed by atoms with Crippen molar-refractivity contribution in [3.8, 4) is 0 Å². The van der Waals surface area contributed by atoms with Crippen LogP contribution in [-0.2, 0) is 38.8 Å². The normalized spacial score (nSPS) is 17.1. The second kappa shape index (κ2) is 15.4. The van der Waals surface area contributed by atoms with Gasteiger partial charge >= 0.3 is 0 Å². The first-order valence-corrected chi connectivity index (χ1v) is 15.0. The summed E-state index contributed by atoms with van der Waals surface area (Å²) < 4.78 is 2.28. The van der Waals surface area contributed by atoms with Gasteiger partial charge < -0.3 is 15.2 Å². The highest BCUT2D eigenvalue weighted by Crippen LogP contribution is 2.24. The molecule has 2 heterocycles. The number of para-hydroxylation sites is 1. The molecule has 0 spiro atoms. The number of hydrogen-bond donors (Lipinski definition) is 2. The Morgan fingerprint density at radius 2 is 1.85 bits per heavy atom. The average molecular weight is 561 g/mol. The molecule has 2 atom stereocenters. The van der Waals surface area contributed by atoms with Gasteiger partial charge in [0.1, 0.15) is 12.6 Å². The fourth-order valence-corrected chi connectivity index (χ4v) is 5.57. The van der Waals surface area contributed by atoms with Crippen LogP contribution in [0.1, 0.15) is 63.5 Å². The molecule has 0 fully saturated rings. The summed E-state index contributed by atoms with van der Waals surface area (Å²) in [4.78, 5) is 44.5. The number of benzene rings is 2. The van der Waals surface area contributed by atoms with Crippen molar-refractivity contribution < 1.29 is 19.2 Å². The topological polar surface area (TPSA) is 92.7 Å². The summed E-state index contributed by atoms with van der Waals surface area (Å²) in [5, 5.41) is 8.53. The lowest BCUT2D eigenvalue weighted by atomic mass is 9.92. The van der Waals surface area contributed by atoms with E-state index in [0.29, 0.717) is 32.2 Å². The second-order valence-corrected chi connectivity index (χ2v) is 11.5. The molecule has 2 bridgehead atoms. The third-order valence-electron chi connectivity index (χ3n) is 7.74. The minimum absolute atomic E-state index is 0.154. The first-order chi connectivity index (χ1) is 19.9. The molecule has 220 valence electrons. The van der Waals surface area contributed by atoms with Gasteiger partial charge in [0.25, 0.3) is 0 Å². The lowest BCUT2D eigenvalue weighted by Crippen LogP contribution is -2.50. The molecule has 0 radical (unpaired) electrons. The van der Waals surface area contributed by atoms with Crippen LogP contribution in [0.3, 0.4) is 0 Å². The molecule has 1 aromatic heterocycles. The number of hydroxylamine groups is 2. The van der Waals surface area contributed by atoms with Crippen LogP contribution in [0, 0.1) is 11.8 Å². The molecule has 0 aliphatic carbocycles. The van der Waals surface area contributed by atoms with E-state index in [9.17, 15) is 14.4 Å². The highest BCUT2D eigenvalue weighted by atomic mass is 16.7. The van der Waals surface area contributed by atoms with Gasteiger partial charge in [-0.15, -0.1) is 0 Å². The van der Waals surface area contributed by atoms with E-state index in [4.69, 9.17) is 4.84 Å². The quantitative estimate of drug-likeness (QED) is 0.255. The van der Waals surface area contributed by atoms with Crippen molar-refractivity contribution in [3.05, 3.63) is 71.9 Å². The van der Waals surface area contributed by atoms with Gasteiger partial charge in [0.05, 0.1) is 0 Å². The molecular formula is C33H44N4O4. The Kier molecular flexibility index (Phi) is 11.4. The third kappa shape index (κ3) is 8.92. The van der Waals surface area contributed by atoms with Crippen LogP contribution < -0.4 is 10.6 Å². The van der Waals surface area contributed by atoms with Crippen LogP contribution in [0.4, 0.5) is 0 Å². The van der Waals surface area contributed by atoms with E-state index in [2.05, 4.69) is 47.4 Å². The number of aryl methyl sites for hydroxylation is 1. The van der Waals surface area contributed by atoms with E-state index < -0.39 is 6.04 Å². The summed E-state index contributed by atoms with van der Waals surface area (Å²) in [6.07, 6.45) is 8.48. The van der Waals surface area contributed by atoms with Crippen LogP contribution in [-0.4, -0.2) is 47.0 Å². The zero-order chi connectivity index (χ0) is 29.0. The van der Waals surface area contributed by atoms with Gasteiger partial charge in [0.15, 0.2) is 0 Å². The maximum absolute atomic E-state index is 13.7. The molecule has 3 aromatic rings. The predicted molar refractivity (Wildman–Crippen MR) is 161 cm³/mol. The van der Waals surface area contributed by atoms with E-state index in [1.807, 2.05) is 42.5 Å². The van der Waals surface area contributed by atoms with E-state index in [-0.39, 0.29) is 36.8 Å². The SMILES string of the molecule is CC(C)CC(CCN(C=O)OCc1ccccc1)C(=O)NC1Cc2cn(c3ccccc23)CCCCCCNC1=O. The van der Waals surface area contributed by atoms with Gasteiger partial charge in [0, 0.05) is 49.1 Å². The molecule has 8 nitrogen and oxygen atoms in total. The molecule has 2 aromatic carbocycles. The maximum atomic E-state index is 13.7. The molecule has 1 aliphatic rings. The third-order valence-corrected chi connectivity index (χ3v) is 7.74. The van der Waals surface area contributed by atoms with E-state index in [1.54, 1.807) is 0 Å². The number of nitrogens with one attached hydrogen (secondary N) is 2. The van der Waals surface area contributed by atoms with Gasteiger partial charge in [-0.1, -0.05) is 75.2 Å². The Morgan fingerprint density at radius 1 is 1.10 bits per heavy atom. The molecule has 4 rings (SSSR count). The number of amides is 3. The molecule has 2 N–H and O–H groups in total. The molecule has 1 aliphatic heterocycles. The van der Waals surface area contributed by atoms with Crippen LogP contribution >= 0.6 is 0 Å². The smallest absolute Gasteiger partial charge is 0.242 e. The van der Waals surface area contributed by atoms with E-state index in [1.165, 1.54) is 5.06 Å². The van der Waals surface area contributed by atoms with Gasteiger partial charge in [-0.25, -0.2) is 5.06 Å². The zero-order valence-corrected chi connectivity index (χ0v) is 24.4. The Balaban J connectivity index is 1.47. The molecule has 3 amide bonds. The first kappa shape index (κ1) is 30.3. The Hall–Kier alpha value is -3.65. The van der Waals surface area contributed by atoms with Crippen LogP contribution in [0.5, 0.6) is 0 Å². The number of carbonyl (C=O) groups is 3. The Labute approximate surface area is 243 Å². The van der Waals surface area contributed by atoms with E-state index in [0.717, 1.165) is 54.3 Å². The molecule has 0 saturated heterocycles. The number of hydrogen-bond acceptors (Lipinski definition) is 4. The number of nitrogens with zero attached hydrogens (tertiary/aromatic N) is 2. The van der Waals surface area contributed by atoms with Crippen molar-refractivity contribution in [1.29, 1.82) is 0 Å². The Bertz CT molecular complexity index is 1270. The lowest BCUT2D eigenvalue weighted by molar-refractivity contribution is -0.178. The monoisotopic (exact) mass is 560 g/mol. The molecule has 0 saturated carbocycles. The minimum atomic E-state index is -0.686. The minimum Gasteiger partial charge on any atom is -0.354 e. The highest BCUT2D eigenvalue weighted by molar-refractivity contribution is 5.90. The van der Waals surface area contributed by atoms with Crippen LogP contribution in [0.25, 0.3) is 10.9 Å². The number of aromatic nitrogens is 1. The van der Waals surface area contributed by atoms with Crippen molar-refractivity contribution in [2.24, 2.45) is 11.8 Å². The van der Waals surface area contributed by atoms with Gasteiger partial charge in [-0.3, -0.25) is 19.2 Å². The van der Waals surface area contributed by atoms with Crippen LogP contribution in [0.2, 0.25) is 0 Å². The zero-order valence-electron chi connectivity index (χ0n) is 24.4. The average Bonchev–Trinajstić information content (AvgIpc) is 3.33. The maximum Gasteiger partial charge on any atom is 0.242 e. The predicted octanol–water partition coefficient (Wildman–Crippen LogP) is 5.00. The highest BCUT2D eigenvalue weighted by Gasteiger charge is 2.28. The summed E-state index contributed by atoms with van der Waals surface area (Å²) in [5.74, 6) is -0.414. The summed E-state index contributed by atoms with van der Waals surface area (Å²) in [6, 6.07) is 17.2. The summed E-state index contributed by atoms with van der Waals surface area (Å²) in [6.45, 7) is 6.25. The largest absolute Gasteiger partial charge is 0.354 e. The van der Waals surface area contributed by atoms with Gasteiger partial charge in [-0.2, -0.15) is 0 Å². The van der Waals surface area contributed by atoms with Crippen molar-refractivity contribution in [2.45, 2.75) is 78.0 Å². The van der Waals surface area contributed by atoms with Crippen molar-refractivity contribution in [3.63, 3.8) is 0 Å². The molecule has 41 heavy (non-hydrogen) atoms. The van der Waals surface area contributed by atoms with Crippen molar-refractivity contribution in [1.82, 2.24) is 20.3 Å². The Morgan fingerprint density at radius 3 is 2.63 bits per heavy atom. The number of fused-ring (bicyclic) bond motifs is 5. The lowest BCUT2D eigenvalue weighted by Gasteiger charge is -2.25. The van der Waals surface area contributed by atoms with Crippen LogP contribution in [0.15, 0.2) is 60.8 Å². The molecule has 2 unspecified atom stereocenters. The fraction of sp³-hybridized carbons (Fsp3) is 0.485. The standard InChI is InChI=1S/C33H44N4O4/c1-25(2)20-27(16-19-37(24-38)41-23-26-12-6-5-7-13-26)32(39)35-30-21-28-22-36(31-15-9-8-14-29(28)31)18-11-4-3-10-17-34-33(30)40/h5-9,12-15,22,24-25,27,30H,3-4,10-11,16-21,23H2,1-2H3,(H,34,40)(H,35,39). The summed E-state index contributed by atoms with van der Waals surface area (Å²) in [5.41, 5.74) is 3.18. The summed E-state index contributed by atoms with van der Waals surface area (Å²) in [7, 11) is 0. The fourth-order valence-electron chi connectivity index (χ4n) is 5.57. The molecular weight excluding hydrogens is 516 g/mol. The molecule has 8 heteroatoms. The van der Waals surface area contributed by atoms with Gasteiger partial charge in [-0.05, 0) is 48.8 Å². The van der Waals surface area contributed by atoms with Gasteiger partial charge in [0.2, 0.25) is 18.2 Å². The first-order valence-electron chi connectivity index (χ1n) is 15.0. The number of rotatable bonds is 11.